The lowest BCUT2D eigenvalue weighted by molar-refractivity contribution is -0.765. The van der Waals surface area contributed by atoms with Gasteiger partial charge in [-0.05, 0) is 6.07 Å². The molecule has 3 aromatic rings. The molecule has 5 heterocycles. The Kier molecular flexibility index (Phi) is 9.13. The molecule has 44 heavy (non-hydrogen) atoms. The summed E-state index contributed by atoms with van der Waals surface area (Å²) < 4.78 is 52.0. The van der Waals surface area contributed by atoms with Crippen molar-refractivity contribution in [2.75, 3.05) is 18.9 Å². The Morgan fingerprint density at radius 1 is 0.977 bits per heavy atom. The van der Waals surface area contributed by atoms with Gasteiger partial charge >= 0.3 is 15.6 Å². The molecule has 2 fully saturated rings. The van der Waals surface area contributed by atoms with Gasteiger partial charge in [-0.15, -0.1) is 0 Å². The molecule has 0 aliphatic carbocycles. The molecule has 3 aromatic heterocycles. The number of aliphatic hydroxyl groups excluding tert-OH is 4. The Balaban J connectivity index is 1.16. The first-order valence-corrected chi connectivity index (χ1v) is 15.6. The maximum absolute atomic E-state index is 12.4. The van der Waals surface area contributed by atoms with Gasteiger partial charge in [-0.2, -0.15) is 8.88 Å². The molecule has 2 aliphatic heterocycles. The third-order valence-electron chi connectivity index (χ3n) is 6.75. The summed E-state index contributed by atoms with van der Waals surface area (Å²) in [5.74, 6) is -0.714. The van der Waals surface area contributed by atoms with E-state index in [0.717, 1.165) is 6.33 Å². The van der Waals surface area contributed by atoms with E-state index in [0.29, 0.717) is 0 Å². The van der Waals surface area contributed by atoms with Crippen molar-refractivity contribution in [3.63, 3.8) is 0 Å². The number of fused-ring (bicyclic) bond motifs is 1. The van der Waals surface area contributed by atoms with Gasteiger partial charge < -0.3 is 51.2 Å². The zero-order valence-electron chi connectivity index (χ0n) is 22.2. The highest BCUT2D eigenvalue weighted by atomic mass is 31.3. The van der Waals surface area contributed by atoms with Crippen LogP contribution in [0, 0.1) is 0 Å². The Labute approximate surface area is 246 Å². The second-order valence-electron chi connectivity index (χ2n) is 9.69. The van der Waals surface area contributed by atoms with Crippen molar-refractivity contribution in [2.45, 2.75) is 49.1 Å². The Morgan fingerprint density at radius 3 is 2.27 bits per heavy atom. The molecule has 0 saturated carbocycles. The molecule has 2 saturated heterocycles. The van der Waals surface area contributed by atoms with E-state index in [9.17, 15) is 44.1 Å². The fourth-order valence-electron chi connectivity index (χ4n) is 4.58. The molecule has 0 bridgehead atoms. The quantitative estimate of drug-likeness (QED) is 0.0747. The Bertz CT molecular complexity index is 1630. The normalized spacial score (nSPS) is 31.6. The van der Waals surface area contributed by atoms with Crippen LogP contribution >= 0.6 is 15.6 Å². The van der Waals surface area contributed by atoms with Gasteiger partial charge in [0.1, 0.15) is 47.9 Å². The average molecular weight is 664 g/mol. The van der Waals surface area contributed by atoms with Crippen LogP contribution in [0.5, 0.6) is 0 Å². The van der Waals surface area contributed by atoms with Gasteiger partial charge in [-0.3, -0.25) is 18.4 Å². The third kappa shape index (κ3) is 6.65. The molecule has 0 spiro atoms. The van der Waals surface area contributed by atoms with Crippen LogP contribution in [0.2, 0.25) is 0 Å². The van der Waals surface area contributed by atoms with Gasteiger partial charge in [0.05, 0.1) is 19.5 Å². The zero-order chi connectivity index (χ0) is 32.0. The molecule has 3 unspecified atom stereocenters. The Morgan fingerprint density at radius 2 is 1.61 bits per heavy atom. The molecule has 0 radical (unpaired) electrons. The first kappa shape index (κ1) is 32.4. The van der Waals surface area contributed by atoms with Crippen LogP contribution in [0.4, 0.5) is 5.82 Å². The molecule has 1 amide bonds. The van der Waals surface area contributed by atoms with E-state index in [4.69, 9.17) is 25.5 Å². The van der Waals surface area contributed by atoms with Crippen molar-refractivity contribution in [2.24, 2.45) is 5.73 Å². The van der Waals surface area contributed by atoms with E-state index in [1.807, 2.05) is 0 Å². The maximum Gasteiger partial charge on any atom is 0.481 e. The third-order valence-corrected chi connectivity index (χ3v) is 9.35. The van der Waals surface area contributed by atoms with Crippen LogP contribution in [0.15, 0.2) is 37.2 Å². The van der Waals surface area contributed by atoms with Crippen LogP contribution in [0.25, 0.3) is 11.2 Å². The molecule has 0 aromatic carbocycles. The summed E-state index contributed by atoms with van der Waals surface area (Å²) in [6.45, 7) is -1.80. The van der Waals surface area contributed by atoms with Gasteiger partial charge in [0.2, 0.25) is 0 Å². The minimum absolute atomic E-state index is 0.0505. The van der Waals surface area contributed by atoms with E-state index in [-0.39, 0.29) is 22.5 Å². The van der Waals surface area contributed by atoms with E-state index in [1.165, 1.54) is 40.0 Å². The van der Waals surface area contributed by atoms with Crippen molar-refractivity contribution in [1.29, 1.82) is 0 Å². The summed E-state index contributed by atoms with van der Waals surface area (Å²) in [5.41, 5.74) is 11.4. The van der Waals surface area contributed by atoms with Crippen LogP contribution in [0.1, 0.15) is 22.8 Å². The minimum atomic E-state index is -5.37. The molecule has 10 atom stereocenters. The summed E-state index contributed by atoms with van der Waals surface area (Å²) in [6, 6.07) is 2.83. The lowest BCUT2D eigenvalue weighted by atomic mass is 10.1. The van der Waals surface area contributed by atoms with E-state index < -0.39 is 83.8 Å². The summed E-state index contributed by atoms with van der Waals surface area (Å²) in [6.07, 6.45) is -6.85. The summed E-state index contributed by atoms with van der Waals surface area (Å²) >= 11 is 0. The van der Waals surface area contributed by atoms with Crippen molar-refractivity contribution < 1.29 is 71.5 Å². The van der Waals surface area contributed by atoms with E-state index in [1.54, 1.807) is 0 Å². The van der Waals surface area contributed by atoms with Crippen LogP contribution < -0.4 is 16.0 Å². The number of anilines is 1. The number of amides is 1. The number of primary amides is 1. The fourth-order valence-corrected chi connectivity index (χ4v) is 6.67. The van der Waals surface area contributed by atoms with Gasteiger partial charge in [0, 0.05) is 6.07 Å². The highest BCUT2D eigenvalue weighted by Crippen LogP contribution is 2.60. The number of rotatable bonds is 11. The summed E-state index contributed by atoms with van der Waals surface area (Å²) in [5, 5.41) is 41.6. The zero-order valence-corrected chi connectivity index (χ0v) is 24.0. The standard InChI is InChI=1S/C21H27N7O14P2/c22-17-12-19(25-7-24-17)28(8-26-12)21-16(32)14(30)11(41-21)6-39-44(36,37)42-43(34,35)38-5-10-13(29)15(31)20(40-10)27-3-1-2-9(4-27)18(23)33/h1-4,7-8,10-11,13-16,20-21,29-32H,5-6H2,(H5-,22,23,24,25,33,34,35,36,37)/p+1/t10-,11-,13-,14-,15-,16-,20-,21?/m1/s1. The molecule has 2 aliphatic rings. The first-order chi connectivity index (χ1) is 20.7. The fraction of sp³-hybridized carbons (Fsp3) is 0.476. The smallest absolute Gasteiger partial charge is 0.387 e. The number of phosphoric acid groups is 2. The number of hydrogen-bond donors (Lipinski definition) is 8. The topological polar surface area (TPSA) is 318 Å². The average Bonchev–Trinajstić information content (AvgIpc) is 3.61. The second-order valence-corrected chi connectivity index (χ2v) is 12.7. The molecule has 23 heteroatoms. The summed E-state index contributed by atoms with van der Waals surface area (Å²) in [4.78, 5) is 43.3. The number of aromatic nitrogens is 5. The first-order valence-electron chi connectivity index (χ1n) is 12.6. The van der Waals surface area contributed by atoms with Crippen LogP contribution in [-0.2, 0) is 32.0 Å². The number of nitrogen functional groups attached to an aromatic ring is 1. The molecular formula is C21H28N7O14P2+. The number of phosphoric ester groups is 2. The van der Waals surface area contributed by atoms with Gasteiger partial charge in [-0.1, -0.05) is 0 Å². The highest BCUT2D eigenvalue weighted by molar-refractivity contribution is 7.61. The second kappa shape index (κ2) is 12.4. The van der Waals surface area contributed by atoms with Crippen molar-refractivity contribution in [3.05, 3.63) is 42.7 Å². The lowest BCUT2D eigenvalue weighted by Gasteiger charge is -2.20. The van der Waals surface area contributed by atoms with Crippen molar-refractivity contribution in [1.82, 2.24) is 19.5 Å². The number of aliphatic hydroxyl groups is 4. The van der Waals surface area contributed by atoms with Crippen LogP contribution in [-0.4, -0.2) is 105 Å². The number of carbonyl (C=O) groups excluding carboxylic acids is 1. The number of ether oxygens (including phenoxy) is 2. The number of pyridine rings is 1. The van der Waals surface area contributed by atoms with Gasteiger partial charge in [0.25, 0.3) is 12.1 Å². The van der Waals surface area contributed by atoms with Crippen molar-refractivity contribution in [3.8, 4) is 0 Å². The largest absolute Gasteiger partial charge is 0.481 e. The SMILES string of the molecule is NC(=O)c1ccc[n+]([C@@H]2O[C@H](COP(=O)(O)OP(=O)(O)OC[C@H]3OC(n4cnc5c(N)ncnc54)[C@H](O)[C@@H]3O)[C@@H](O)[C@H]2O)c1. The predicted molar refractivity (Wildman–Crippen MR) is 139 cm³/mol. The molecular weight excluding hydrogens is 636 g/mol. The number of imidazole rings is 1. The number of nitrogens with zero attached hydrogens (tertiary/aromatic N) is 5. The predicted octanol–water partition coefficient (Wildman–Crippen LogP) is -3.02. The molecule has 10 N–H and O–H groups in total. The highest BCUT2D eigenvalue weighted by Gasteiger charge is 2.50. The molecule has 21 nitrogen and oxygen atoms in total. The lowest BCUT2D eigenvalue weighted by Crippen LogP contribution is -2.46. The van der Waals surface area contributed by atoms with E-state index >= 15 is 0 Å². The van der Waals surface area contributed by atoms with Crippen LogP contribution in [0.3, 0.4) is 0 Å². The van der Waals surface area contributed by atoms with Gasteiger partial charge in [0.15, 0.2) is 36.2 Å². The maximum atomic E-state index is 12.4. The Hall–Kier alpha value is -3.01. The molecule has 240 valence electrons. The number of hydrogen-bond acceptors (Lipinski definition) is 16. The van der Waals surface area contributed by atoms with Crippen molar-refractivity contribution >= 4 is 38.5 Å². The monoisotopic (exact) mass is 664 g/mol. The van der Waals surface area contributed by atoms with E-state index in [2.05, 4.69) is 23.8 Å². The van der Waals surface area contributed by atoms with Gasteiger partial charge in [-0.25, -0.2) is 24.1 Å². The number of nitrogens with two attached hydrogens (primary N) is 2. The summed E-state index contributed by atoms with van der Waals surface area (Å²) in [7, 11) is -10.7. The molecule has 5 rings (SSSR count). The number of carbonyl (C=O) groups is 1. The minimum Gasteiger partial charge on any atom is -0.387 e.